The van der Waals surface area contributed by atoms with Gasteiger partial charge in [-0.1, -0.05) is 59.5 Å². The predicted octanol–water partition coefficient (Wildman–Crippen LogP) is 5.63. The SMILES string of the molecule is Cc1ccc(-c2nc(CI)c(C3CCCCC3)o2)cc1. The molecule has 0 radical (unpaired) electrons. The van der Waals surface area contributed by atoms with Gasteiger partial charge >= 0.3 is 0 Å². The second-order valence-electron chi connectivity index (χ2n) is 5.66. The Morgan fingerprint density at radius 3 is 2.50 bits per heavy atom. The van der Waals surface area contributed by atoms with Gasteiger partial charge in [0, 0.05) is 15.9 Å². The Labute approximate surface area is 134 Å². The van der Waals surface area contributed by atoms with Gasteiger partial charge in [-0.15, -0.1) is 0 Å². The van der Waals surface area contributed by atoms with Gasteiger partial charge in [-0.25, -0.2) is 4.98 Å². The molecule has 0 amide bonds. The van der Waals surface area contributed by atoms with Crippen molar-refractivity contribution in [2.24, 2.45) is 0 Å². The third-order valence-corrected chi connectivity index (χ3v) is 4.85. The maximum Gasteiger partial charge on any atom is 0.226 e. The Morgan fingerprint density at radius 2 is 1.85 bits per heavy atom. The first-order valence-corrected chi connectivity index (χ1v) is 8.93. The van der Waals surface area contributed by atoms with E-state index in [0.717, 1.165) is 27.3 Å². The lowest BCUT2D eigenvalue weighted by molar-refractivity contribution is 0.376. The summed E-state index contributed by atoms with van der Waals surface area (Å²) in [4.78, 5) is 4.73. The van der Waals surface area contributed by atoms with Gasteiger partial charge in [-0.05, 0) is 31.9 Å². The van der Waals surface area contributed by atoms with Crippen molar-refractivity contribution < 1.29 is 4.42 Å². The molecule has 1 fully saturated rings. The van der Waals surface area contributed by atoms with Crippen LogP contribution in [-0.4, -0.2) is 4.98 Å². The van der Waals surface area contributed by atoms with E-state index in [2.05, 4.69) is 53.8 Å². The number of aromatic nitrogens is 1. The average molecular weight is 381 g/mol. The van der Waals surface area contributed by atoms with Crippen LogP contribution >= 0.6 is 22.6 Å². The van der Waals surface area contributed by atoms with Crippen LogP contribution in [0.3, 0.4) is 0 Å². The summed E-state index contributed by atoms with van der Waals surface area (Å²) in [5.41, 5.74) is 3.50. The van der Waals surface area contributed by atoms with Crippen LogP contribution < -0.4 is 0 Å². The predicted molar refractivity (Wildman–Crippen MR) is 90.2 cm³/mol. The minimum Gasteiger partial charge on any atom is -0.441 e. The highest BCUT2D eigenvalue weighted by molar-refractivity contribution is 14.1. The summed E-state index contributed by atoms with van der Waals surface area (Å²) in [5, 5.41) is 0. The van der Waals surface area contributed by atoms with Crippen molar-refractivity contribution in [2.75, 3.05) is 0 Å². The summed E-state index contributed by atoms with van der Waals surface area (Å²) in [6.45, 7) is 2.10. The number of rotatable bonds is 3. The van der Waals surface area contributed by atoms with E-state index in [1.54, 1.807) is 0 Å². The minimum absolute atomic E-state index is 0.584. The first-order chi connectivity index (χ1) is 9.78. The molecule has 0 unspecified atom stereocenters. The molecule has 20 heavy (non-hydrogen) atoms. The molecule has 3 heteroatoms. The standard InChI is InChI=1S/C17H20INO/c1-12-7-9-14(10-8-12)17-19-15(11-18)16(20-17)13-5-3-2-4-6-13/h7-10,13H,2-6,11H2,1H3. The van der Waals surface area contributed by atoms with E-state index >= 15 is 0 Å². The number of aryl methyl sites for hydroxylation is 1. The lowest BCUT2D eigenvalue weighted by Crippen LogP contribution is -2.05. The first-order valence-electron chi connectivity index (χ1n) is 7.40. The largest absolute Gasteiger partial charge is 0.441 e. The van der Waals surface area contributed by atoms with Crippen LogP contribution in [0.4, 0.5) is 0 Å². The van der Waals surface area contributed by atoms with E-state index in [0.29, 0.717) is 5.92 Å². The van der Waals surface area contributed by atoms with Crippen LogP contribution in [0.25, 0.3) is 11.5 Å². The van der Waals surface area contributed by atoms with Crippen molar-refractivity contribution in [1.29, 1.82) is 0 Å². The Kier molecular flexibility index (Phi) is 4.44. The van der Waals surface area contributed by atoms with Gasteiger partial charge in [0.05, 0.1) is 5.69 Å². The van der Waals surface area contributed by atoms with E-state index < -0.39 is 0 Å². The molecule has 1 aromatic carbocycles. The molecule has 0 aliphatic heterocycles. The third kappa shape index (κ3) is 2.92. The normalized spacial score (nSPS) is 16.5. The smallest absolute Gasteiger partial charge is 0.226 e. The zero-order chi connectivity index (χ0) is 13.9. The zero-order valence-corrected chi connectivity index (χ0v) is 14.0. The number of nitrogens with zero attached hydrogens (tertiary/aromatic N) is 1. The van der Waals surface area contributed by atoms with Crippen molar-refractivity contribution in [3.05, 3.63) is 41.3 Å². The highest BCUT2D eigenvalue weighted by Crippen LogP contribution is 2.37. The maximum atomic E-state index is 6.16. The summed E-state index contributed by atoms with van der Waals surface area (Å²) < 4.78 is 7.08. The quantitative estimate of drug-likeness (QED) is 0.509. The summed E-state index contributed by atoms with van der Waals surface area (Å²) in [6, 6.07) is 8.43. The van der Waals surface area contributed by atoms with Gasteiger partial charge in [0.15, 0.2) is 0 Å². The fourth-order valence-corrected chi connectivity index (χ4v) is 3.51. The van der Waals surface area contributed by atoms with Crippen LogP contribution in [0.2, 0.25) is 0 Å². The van der Waals surface area contributed by atoms with Crippen molar-refractivity contribution in [3.63, 3.8) is 0 Å². The molecule has 1 heterocycles. The van der Waals surface area contributed by atoms with Crippen molar-refractivity contribution in [2.45, 2.75) is 49.4 Å². The Bertz CT molecular complexity index is 567. The van der Waals surface area contributed by atoms with Crippen LogP contribution in [0.5, 0.6) is 0 Å². The molecule has 1 saturated carbocycles. The zero-order valence-electron chi connectivity index (χ0n) is 11.9. The fraction of sp³-hybridized carbons (Fsp3) is 0.471. The topological polar surface area (TPSA) is 26.0 Å². The molecule has 1 aromatic heterocycles. The summed E-state index contributed by atoms with van der Waals surface area (Å²) in [6.07, 6.45) is 6.53. The first kappa shape index (κ1) is 14.1. The van der Waals surface area contributed by atoms with E-state index in [1.807, 2.05) is 0 Å². The minimum atomic E-state index is 0.584. The number of oxazole rings is 1. The lowest BCUT2D eigenvalue weighted by atomic mass is 9.87. The summed E-state index contributed by atoms with van der Waals surface area (Å²) >= 11 is 2.39. The number of benzene rings is 1. The monoisotopic (exact) mass is 381 g/mol. The molecule has 0 spiro atoms. The van der Waals surface area contributed by atoms with Crippen LogP contribution in [0.15, 0.2) is 28.7 Å². The molecule has 1 aliphatic carbocycles. The van der Waals surface area contributed by atoms with E-state index in [4.69, 9.17) is 9.40 Å². The molecule has 0 atom stereocenters. The number of alkyl halides is 1. The van der Waals surface area contributed by atoms with E-state index in [9.17, 15) is 0 Å². The molecule has 2 aromatic rings. The van der Waals surface area contributed by atoms with Gasteiger partial charge in [-0.3, -0.25) is 0 Å². The third-order valence-electron chi connectivity index (χ3n) is 4.13. The molecule has 0 saturated heterocycles. The number of hydrogen-bond donors (Lipinski definition) is 0. The van der Waals surface area contributed by atoms with Crippen LogP contribution in [0, 0.1) is 6.92 Å². The van der Waals surface area contributed by atoms with E-state index in [1.165, 1.54) is 37.7 Å². The molecule has 0 N–H and O–H groups in total. The van der Waals surface area contributed by atoms with Gasteiger partial charge in [0.2, 0.25) is 5.89 Å². The van der Waals surface area contributed by atoms with Crippen LogP contribution in [0.1, 0.15) is 55.0 Å². The van der Waals surface area contributed by atoms with Crippen molar-refractivity contribution in [1.82, 2.24) is 4.98 Å². The lowest BCUT2D eigenvalue weighted by Gasteiger charge is -2.19. The molecule has 2 nitrogen and oxygen atoms in total. The molecule has 1 aliphatic rings. The van der Waals surface area contributed by atoms with E-state index in [-0.39, 0.29) is 0 Å². The molecular weight excluding hydrogens is 361 g/mol. The Hall–Kier alpha value is -0.840. The van der Waals surface area contributed by atoms with Gasteiger partial charge < -0.3 is 4.42 Å². The molecule has 106 valence electrons. The Balaban J connectivity index is 1.93. The fourth-order valence-electron chi connectivity index (χ4n) is 2.96. The highest BCUT2D eigenvalue weighted by Gasteiger charge is 2.24. The van der Waals surface area contributed by atoms with Crippen molar-refractivity contribution in [3.8, 4) is 11.5 Å². The van der Waals surface area contributed by atoms with Gasteiger partial charge in [-0.2, -0.15) is 0 Å². The number of halogens is 1. The summed E-state index contributed by atoms with van der Waals surface area (Å²) in [7, 11) is 0. The second-order valence-corrected chi connectivity index (χ2v) is 6.43. The van der Waals surface area contributed by atoms with Crippen molar-refractivity contribution >= 4 is 22.6 Å². The summed E-state index contributed by atoms with van der Waals surface area (Å²) in [5.74, 6) is 2.52. The van der Waals surface area contributed by atoms with Gasteiger partial charge in [0.25, 0.3) is 0 Å². The Morgan fingerprint density at radius 1 is 1.15 bits per heavy atom. The average Bonchev–Trinajstić information content (AvgIpc) is 2.93. The molecule has 0 bridgehead atoms. The maximum absolute atomic E-state index is 6.16. The highest BCUT2D eigenvalue weighted by atomic mass is 127. The molecular formula is C17H20INO. The molecule has 3 rings (SSSR count). The van der Waals surface area contributed by atoms with Gasteiger partial charge in [0.1, 0.15) is 5.76 Å². The second kappa shape index (κ2) is 6.29. The number of hydrogen-bond acceptors (Lipinski definition) is 2. The van der Waals surface area contributed by atoms with Crippen LogP contribution in [-0.2, 0) is 4.43 Å².